The summed E-state index contributed by atoms with van der Waals surface area (Å²) < 4.78 is 5.29. The van der Waals surface area contributed by atoms with Gasteiger partial charge < -0.3 is 10.5 Å². The Morgan fingerprint density at radius 1 is 1.19 bits per heavy atom. The molecule has 1 aromatic heterocycles. The van der Waals surface area contributed by atoms with E-state index >= 15 is 0 Å². The predicted molar refractivity (Wildman–Crippen MR) is 70.6 cm³/mol. The van der Waals surface area contributed by atoms with E-state index in [4.69, 9.17) is 10.5 Å². The Balaban J connectivity index is 0.00000128. The van der Waals surface area contributed by atoms with Crippen LogP contribution >= 0.6 is 23.7 Å². The zero-order chi connectivity index (χ0) is 10.7. The van der Waals surface area contributed by atoms with E-state index in [1.165, 1.54) is 0 Å². The number of rotatable bonds is 3. The van der Waals surface area contributed by atoms with Crippen LogP contribution < -0.4 is 10.5 Å². The third kappa shape index (κ3) is 2.55. The number of benzene rings is 1. The molecule has 2 rings (SSSR count). The Morgan fingerprint density at radius 3 is 2.56 bits per heavy atom. The molecule has 0 saturated heterocycles. The molecule has 1 aromatic carbocycles. The molecular weight excluding hydrogens is 242 g/mol. The number of methoxy groups -OCH3 is 1. The predicted octanol–water partition coefficient (Wildman–Crippen LogP) is 3.23. The number of para-hydroxylation sites is 1. The topological polar surface area (TPSA) is 35.2 Å². The average Bonchev–Trinajstić information content (AvgIpc) is 2.81. The van der Waals surface area contributed by atoms with E-state index in [9.17, 15) is 0 Å². The van der Waals surface area contributed by atoms with Crippen LogP contribution in [0.25, 0.3) is 0 Å². The Kier molecular flexibility index (Phi) is 4.80. The van der Waals surface area contributed by atoms with Gasteiger partial charge in [-0.05, 0) is 17.5 Å². The molecule has 0 aliphatic carbocycles. The first-order valence-corrected chi connectivity index (χ1v) is 5.63. The lowest BCUT2D eigenvalue weighted by Gasteiger charge is -2.13. The Morgan fingerprint density at radius 2 is 1.94 bits per heavy atom. The van der Waals surface area contributed by atoms with Gasteiger partial charge in [-0.25, -0.2) is 0 Å². The van der Waals surface area contributed by atoms with Gasteiger partial charge in [0.15, 0.2) is 0 Å². The molecule has 0 amide bonds. The normalized spacial score (nSPS) is 11.6. The molecule has 0 aliphatic rings. The molecule has 0 aliphatic heterocycles. The van der Waals surface area contributed by atoms with Gasteiger partial charge in [-0.2, -0.15) is 0 Å². The molecular formula is C12H14ClNOS. The van der Waals surface area contributed by atoms with E-state index in [0.29, 0.717) is 0 Å². The van der Waals surface area contributed by atoms with Crippen molar-refractivity contribution in [2.75, 3.05) is 7.11 Å². The van der Waals surface area contributed by atoms with Crippen molar-refractivity contribution < 1.29 is 4.74 Å². The van der Waals surface area contributed by atoms with Crippen LogP contribution in [-0.4, -0.2) is 7.11 Å². The first-order chi connectivity index (χ1) is 7.33. The Bertz CT molecular complexity index is 430. The van der Waals surface area contributed by atoms with Crippen molar-refractivity contribution >= 4 is 23.7 Å². The fraction of sp³-hybridized carbons (Fsp3) is 0.167. The minimum Gasteiger partial charge on any atom is -0.496 e. The summed E-state index contributed by atoms with van der Waals surface area (Å²) >= 11 is 1.66. The summed E-state index contributed by atoms with van der Waals surface area (Å²) in [6, 6.07) is 11.8. The van der Waals surface area contributed by atoms with E-state index in [0.717, 1.165) is 16.2 Å². The minimum absolute atomic E-state index is 0. The zero-order valence-electron chi connectivity index (χ0n) is 8.92. The van der Waals surface area contributed by atoms with Crippen molar-refractivity contribution in [1.29, 1.82) is 0 Å². The molecule has 16 heavy (non-hydrogen) atoms. The number of ether oxygens (including phenoxy) is 1. The summed E-state index contributed by atoms with van der Waals surface area (Å²) in [5.74, 6) is 0.846. The van der Waals surface area contributed by atoms with Crippen LogP contribution in [-0.2, 0) is 0 Å². The van der Waals surface area contributed by atoms with Gasteiger partial charge in [0.2, 0.25) is 0 Å². The Hall–Kier alpha value is -1.03. The molecule has 1 atom stereocenters. The van der Waals surface area contributed by atoms with Crippen LogP contribution in [0.15, 0.2) is 41.8 Å². The van der Waals surface area contributed by atoms with Crippen molar-refractivity contribution in [2.45, 2.75) is 6.04 Å². The molecule has 0 saturated carbocycles. The summed E-state index contributed by atoms with van der Waals surface area (Å²) in [5, 5.41) is 2.03. The van der Waals surface area contributed by atoms with Gasteiger partial charge >= 0.3 is 0 Å². The number of thiophene rings is 1. The lowest BCUT2D eigenvalue weighted by atomic mass is 10.1. The summed E-state index contributed by atoms with van der Waals surface area (Å²) in [6.45, 7) is 0. The van der Waals surface area contributed by atoms with Crippen molar-refractivity contribution in [2.24, 2.45) is 5.73 Å². The second-order valence-corrected chi connectivity index (χ2v) is 4.21. The molecule has 0 unspecified atom stereocenters. The molecule has 0 radical (unpaired) electrons. The Labute approximate surface area is 105 Å². The van der Waals surface area contributed by atoms with Gasteiger partial charge in [0.05, 0.1) is 13.2 Å². The number of nitrogens with two attached hydrogens (primary N) is 1. The summed E-state index contributed by atoms with van der Waals surface area (Å²) in [4.78, 5) is 1.15. The highest BCUT2D eigenvalue weighted by Gasteiger charge is 2.13. The van der Waals surface area contributed by atoms with Crippen LogP contribution in [0.2, 0.25) is 0 Å². The summed E-state index contributed by atoms with van der Waals surface area (Å²) in [5.41, 5.74) is 7.20. The maximum Gasteiger partial charge on any atom is 0.124 e. The van der Waals surface area contributed by atoms with Crippen molar-refractivity contribution in [3.63, 3.8) is 0 Å². The van der Waals surface area contributed by atoms with Crippen molar-refractivity contribution in [3.8, 4) is 5.75 Å². The average molecular weight is 256 g/mol. The highest BCUT2D eigenvalue weighted by molar-refractivity contribution is 7.10. The molecule has 0 bridgehead atoms. The third-order valence-corrected chi connectivity index (χ3v) is 3.28. The van der Waals surface area contributed by atoms with Gasteiger partial charge in [0, 0.05) is 10.4 Å². The van der Waals surface area contributed by atoms with Gasteiger partial charge in [0.25, 0.3) is 0 Å². The van der Waals surface area contributed by atoms with E-state index in [1.54, 1.807) is 18.4 Å². The van der Waals surface area contributed by atoms with Gasteiger partial charge in [-0.1, -0.05) is 24.3 Å². The highest BCUT2D eigenvalue weighted by Crippen LogP contribution is 2.29. The molecule has 4 heteroatoms. The molecule has 0 fully saturated rings. The SMILES string of the molecule is COc1ccccc1[C@@H](N)c1cccs1.Cl. The second kappa shape index (κ2) is 5.89. The van der Waals surface area contributed by atoms with Gasteiger partial charge in [0.1, 0.15) is 5.75 Å². The lowest BCUT2D eigenvalue weighted by molar-refractivity contribution is 0.408. The number of hydrogen-bond acceptors (Lipinski definition) is 3. The first-order valence-electron chi connectivity index (χ1n) is 4.75. The standard InChI is InChI=1S/C12H13NOS.ClH/c1-14-10-6-3-2-5-9(10)12(13)11-7-4-8-15-11;/h2-8,12H,13H2,1H3;1H/t12-;/m1./s1. The molecule has 2 N–H and O–H groups in total. The minimum atomic E-state index is -0.0962. The maximum absolute atomic E-state index is 6.17. The van der Waals surface area contributed by atoms with Gasteiger partial charge in [-0.15, -0.1) is 23.7 Å². The number of hydrogen-bond donors (Lipinski definition) is 1. The van der Waals surface area contributed by atoms with Crippen LogP contribution in [0.4, 0.5) is 0 Å². The smallest absolute Gasteiger partial charge is 0.124 e. The molecule has 0 spiro atoms. The largest absolute Gasteiger partial charge is 0.496 e. The van der Waals surface area contributed by atoms with Crippen LogP contribution in [0.3, 0.4) is 0 Å². The zero-order valence-corrected chi connectivity index (χ0v) is 10.6. The monoisotopic (exact) mass is 255 g/mol. The first kappa shape index (κ1) is 13.0. The van der Waals surface area contributed by atoms with Crippen molar-refractivity contribution in [3.05, 3.63) is 52.2 Å². The molecule has 86 valence electrons. The van der Waals surface area contributed by atoms with Crippen LogP contribution in [0.5, 0.6) is 5.75 Å². The lowest BCUT2D eigenvalue weighted by Crippen LogP contribution is -2.11. The van der Waals surface area contributed by atoms with E-state index in [2.05, 4.69) is 0 Å². The molecule has 2 nitrogen and oxygen atoms in total. The van der Waals surface area contributed by atoms with E-state index < -0.39 is 0 Å². The van der Waals surface area contributed by atoms with Gasteiger partial charge in [-0.3, -0.25) is 0 Å². The molecule has 1 heterocycles. The molecule has 2 aromatic rings. The van der Waals surface area contributed by atoms with Crippen LogP contribution in [0.1, 0.15) is 16.5 Å². The maximum atomic E-state index is 6.17. The summed E-state index contributed by atoms with van der Waals surface area (Å²) in [7, 11) is 1.67. The van der Waals surface area contributed by atoms with Crippen molar-refractivity contribution in [1.82, 2.24) is 0 Å². The van der Waals surface area contributed by atoms with Crippen LogP contribution in [0, 0.1) is 0 Å². The second-order valence-electron chi connectivity index (χ2n) is 3.24. The fourth-order valence-corrected chi connectivity index (χ4v) is 2.29. The number of halogens is 1. The quantitative estimate of drug-likeness (QED) is 0.914. The van der Waals surface area contributed by atoms with E-state index in [1.807, 2.05) is 41.8 Å². The highest BCUT2D eigenvalue weighted by atomic mass is 35.5. The van der Waals surface area contributed by atoms with E-state index in [-0.39, 0.29) is 18.4 Å². The summed E-state index contributed by atoms with van der Waals surface area (Å²) in [6.07, 6.45) is 0. The third-order valence-electron chi connectivity index (χ3n) is 2.32. The fourth-order valence-electron chi connectivity index (χ4n) is 1.54.